The van der Waals surface area contributed by atoms with Crippen LogP contribution in [-0.4, -0.2) is 60.4 Å². The van der Waals surface area contributed by atoms with Crippen molar-refractivity contribution >= 4 is 11.8 Å². The molecule has 2 amide bonds. The minimum atomic E-state index is -0.375. The zero-order valence-electron chi connectivity index (χ0n) is 15.9. The Hall–Kier alpha value is -1.10. The van der Waals surface area contributed by atoms with Crippen molar-refractivity contribution in [3.05, 3.63) is 0 Å². The molecule has 0 saturated carbocycles. The van der Waals surface area contributed by atoms with Gasteiger partial charge in [0.25, 0.3) is 0 Å². The summed E-state index contributed by atoms with van der Waals surface area (Å²) < 4.78 is 0. The van der Waals surface area contributed by atoms with Crippen molar-refractivity contribution in [2.75, 3.05) is 32.7 Å². The number of nitrogens with one attached hydrogen (secondary N) is 1. The Morgan fingerprint density at radius 1 is 1.12 bits per heavy atom. The molecule has 2 fully saturated rings. The number of rotatable bonds is 5. The van der Waals surface area contributed by atoms with Crippen molar-refractivity contribution < 1.29 is 9.59 Å². The lowest BCUT2D eigenvalue weighted by Crippen LogP contribution is -2.51. The van der Waals surface area contributed by atoms with E-state index in [2.05, 4.69) is 17.1 Å². The fourth-order valence-electron chi connectivity index (χ4n) is 3.72. The van der Waals surface area contributed by atoms with E-state index in [0.717, 1.165) is 45.4 Å². The Bertz CT molecular complexity index is 438. The molecule has 0 bridgehead atoms. The highest BCUT2D eigenvalue weighted by Crippen LogP contribution is 2.23. The molecule has 2 rings (SSSR count). The van der Waals surface area contributed by atoms with Crippen molar-refractivity contribution in [3.8, 4) is 0 Å². The molecule has 0 unspecified atom stereocenters. The van der Waals surface area contributed by atoms with Gasteiger partial charge in [-0.3, -0.25) is 9.59 Å². The molecule has 0 aromatic heterocycles. The fourth-order valence-corrected chi connectivity index (χ4v) is 3.72. The SMILES string of the molecule is CC[C@@H](CN1CCCC1)NC(=O)[C@H]1CCCN(C(=O)C(C)(C)C)C1. The summed E-state index contributed by atoms with van der Waals surface area (Å²) in [5, 5.41) is 3.24. The second-order valence-corrected chi connectivity index (χ2v) is 8.46. The fraction of sp³-hybridized carbons (Fsp3) is 0.895. The van der Waals surface area contributed by atoms with Crippen molar-refractivity contribution in [3.63, 3.8) is 0 Å². The predicted molar refractivity (Wildman–Crippen MR) is 96.7 cm³/mol. The molecule has 24 heavy (non-hydrogen) atoms. The third-order valence-corrected chi connectivity index (χ3v) is 5.24. The highest BCUT2D eigenvalue weighted by molar-refractivity contribution is 5.84. The van der Waals surface area contributed by atoms with Gasteiger partial charge in [-0.15, -0.1) is 0 Å². The van der Waals surface area contributed by atoms with Crippen molar-refractivity contribution in [2.24, 2.45) is 11.3 Å². The molecule has 2 aliphatic rings. The maximum absolute atomic E-state index is 12.7. The molecule has 0 radical (unpaired) electrons. The maximum atomic E-state index is 12.7. The smallest absolute Gasteiger partial charge is 0.227 e. The average molecular weight is 338 g/mol. The van der Waals surface area contributed by atoms with Gasteiger partial charge in [0.15, 0.2) is 0 Å². The Morgan fingerprint density at radius 3 is 2.38 bits per heavy atom. The first-order chi connectivity index (χ1) is 11.3. The molecular weight excluding hydrogens is 302 g/mol. The number of nitrogens with zero attached hydrogens (tertiary/aromatic N) is 2. The maximum Gasteiger partial charge on any atom is 0.227 e. The van der Waals surface area contributed by atoms with E-state index in [0.29, 0.717) is 6.54 Å². The molecule has 0 aromatic rings. The molecule has 1 N–H and O–H groups in total. The van der Waals surface area contributed by atoms with E-state index in [1.807, 2.05) is 25.7 Å². The number of hydrogen-bond acceptors (Lipinski definition) is 3. The Morgan fingerprint density at radius 2 is 1.79 bits per heavy atom. The summed E-state index contributed by atoms with van der Waals surface area (Å²) in [5.41, 5.74) is -0.375. The van der Waals surface area contributed by atoms with Gasteiger partial charge in [-0.25, -0.2) is 0 Å². The van der Waals surface area contributed by atoms with Crippen LogP contribution in [0.5, 0.6) is 0 Å². The Balaban J connectivity index is 1.87. The monoisotopic (exact) mass is 337 g/mol. The predicted octanol–water partition coefficient (Wildman–Crippen LogP) is 2.26. The summed E-state index contributed by atoms with van der Waals surface area (Å²) in [6, 6.07) is 0.226. The first-order valence-electron chi connectivity index (χ1n) is 9.63. The molecular formula is C19H35N3O2. The Kier molecular flexibility index (Phi) is 6.67. The molecule has 5 nitrogen and oxygen atoms in total. The van der Waals surface area contributed by atoms with Crippen LogP contribution in [0.2, 0.25) is 0 Å². The van der Waals surface area contributed by atoms with Crippen LogP contribution in [0.25, 0.3) is 0 Å². The van der Waals surface area contributed by atoms with Crippen LogP contribution in [0.3, 0.4) is 0 Å². The first-order valence-corrected chi connectivity index (χ1v) is 9.63. The van der Waals surface area contributed by atoms with Crippen molar-refractivity contribution in [1.82, 2.24) is 15.1 Å². The third-order valence-electron chi connectivity index (χ3n) is 5.24. The number of amides is 2. The van der Waals surface area contributed by atoms with E-state index >= 15 is 0 Å². The van der Waals surface area contributed by atoms with Gasteiger partial charge >= 0.3 is 0 Å². The molecule has 138 valence electrons. The van der Waals surface area contributed by atoms with Crippen LogP contribution in [0.4, 0.5) is 0 Å². The van der Waals surface area contributed by atoms with Gasteiger partial charge in [-0.05, 0) is 45.2 Å². The van der Waals surface area contributed by atoms with E-state index < -0.39 is 0 Å². The number of likely N-dealkylation sites (tertiary alicyclic amines) is 2. The normalized spacial score (nSPS) is 24.0. The lowest BCUT2D eigenvalue weighted by Gasteiger charge is -2.36. The molecule has 5 heteroatoms. The molecule has 2 saturated heterocycles. The van der Waals surface area contributed by atoms with Crippen molar-refractivity contribution in [2.45, 2.75) is 65.8 Å². The van der Waals surface area contributed by atoms with E-state index in [1.165, 1.54) is 12.8 Å². The summed E-state index contributed by atoms with van der Waals surface area (Å²) in [6.07, 6.45) is 5.32. The number of hydrogen-bond donors (Lipinski definition) is 1. The van der Waals surface area contributed by atoms with Crippen LogP contribution in [0.1, 0.15) is 59.8 Å². The molecule has 2 heterocycles. The van der Waals surface area contributed by atoms with E-state index in [-0.39, 0.29) is 29.2 Å². The standard InChI is InChI=1S/C19H35N3O2/c1-5-16(14-21-10-6-7-11-21)20-17(23)15-9-8-12-22(13-15)18(24)19(2,3)4/h15-16H,5-14H2,1-4H3,(H,20,23)/t15-,16-/m0/s1. The third kappa shape index (κ3) is 5.20. The molecule has 0 aromatic carbocycles. The lowest BCUT2D eigenvalue weighted by molar-refractivity contribution is -0.142. The van der Waals surface area contributed by atoms with Gasteiger partial charge in [-0.1, -0.05) is 27.7 Å². The van der Waals surface area contributed by atoms with Crippen LogP contribution >= 0.6 is 0 Å². The van der Waals surface area contributed by atoms with E-state index in [4.69, 9.17) is 0 Å². The summed E-state index contributed by atoms with van der Waals surface area (Å²) >= 11 is 0. The number of piperidine rings is 1. The van der Waals surface area contributed by atoms with Gasteiger partial charge in [0.1, 0.15) is 0 Å². The van der Waals surface area contributed by atoms with Crippen molar-refractivity contribution in [1.29, 1.82) is 0 Å². The molecule has 0 spiro atoms. The zero-order valence-corrected chi connectivity index (χ0v) is 15.9. The highest BCUT2D eigenvalue weighted by Gasteiger charge is 2.34. The lowest BCUT2D eigenvalue weighted by atomic mass is 9.90. The van der Waals surface area contributed by atoms with Gasteiger partial charge in [0.05, 0.1) is 5.92 Å². The quantitative estimate of drug-likeness (QED) is 0.837. The largest absolute Gasteiger partial charge is 0.352 e. The second kappa shape index (κ2) is 8.32. The zero-order chi connectivity index (χ0) is 17.7. The first kappa shape index (κ1) is 19.2. The van der Waals surface area contributed by atoms with E-state index in [1.54, 1.807) is 0 Å². The Labute approximate surface area is 147 Å². The van der Waals surface area contributed by atoms with Crippen LogP contribution in [-0.2, 0) is 9.59 Å². The number of carbonyl (C=O) groups excluding carboxylic acids is 2. The second-order valence-electron chi connectivity index (χ2n) is 8.46. The van der Waals surface area contributed by atoms with Crippen LogP contribution in [0, 0.1) is 11.3 Å². The summed E-state index contributed by atoms with van der Waals surface area (Å²) in [4.78, 5) is 29.5. The van der Waals surface area contributed by atoms with Crippen LogP contribution in [0.15, 0.2) is 0 Å². The minimum absolute atomic E-state index is 0.0577. The average Bonchev–Trinajstić information content (AvgIpc) is 3.05. The van der Waals surface area contributed by atoms with E-state index in [9.17, 15) is 9.59 Å². The highest BCUT2D eigenvalue weighted by atomic mass is 16.2. The molecule has 2 atom stereocenters. The summed E-state index contributed by atoms with van der Waals surface area (Å²) in [7, 11) is 0. The van der Waals surface area contributed by atoms with Gasteiger partial charge in [0.2, 0.25) is 11.8 Å². The summed E-state index contributed by atoms with van der Waals surface area (Å²) in [6.45, 7) is 12.6. The van der Waals surface area contributed by atoms with Gasteiger partial charge in [-0.2, -0.15) is 0 Å². The summed E-state index contributed by atoms with van der Waals surface area (Å²) in [5.74, 6) is 0.231. The van der Waals surface area contributed by atoms with Gasteiger partial charge < -0.3 is 15.1 Å². The molecule has 2 aliphatic heterocycles. The van der Waals surface area contributed by atoms with Crippen LogP contribution < -0.4 is 5.32 Å². The van der Waals surface area contributed by atoms with Gasteiger partial charge in [0, 0.05) is 31.1 Å². The molecule has 0 aliphatic carbocycles. The minimum Gasteiger partial charge on any atom is -0.352 e. The number of carbonyl (C=O) groups is 2. The topological polar surface area (TPSA) is 52.7 Å².